The molecule has 0 aliphatic rings. The minimum atomic E-state index is -0.687. The SMILES string of the molecule is CC(C)CNC(=O)c1ccccc1NC(=O)COC(=O)c1ccc(O)cc1. The van der Waals surface area contributed by atoms with Crippen LogP contribution < -0.4 is 10.6 Å². The van der Waals surface area contributed by atoms with Crippen LogP contribution in [0.25, 0.3) is 0 Å². The Morgan fingerprint density at radius 3 is 2.37 bits per heavy atom. The summed E-state index contributed by atoms with van der Waals surface area (Å²) >= 11 is 0. The first-order valence-electron chi connectivity index (χ1n) is 8.50. The summed E-state index contributed by atoms with van der Waals surface area (Å²) in [5.41, 5.74) is 0.884. The minimum Gasteiger partial charge on any atom is -0.508 e. The van der Waals surface area contributed by atoms with E-state index >= 15 is 0 Å². The van der Waals surface area contributed by atoms with Gasteiger partial charge in [0.1, 0.15) is 5.75 Å². The van der Waals surface area contributed by atoms with Gasteiger partial charge in [0.05, 0.1) is 16.8 Å². The van der Waals surface area contributed by atoms with Crippen LogP contribution in [0.15, 0.2) is 48.5 Å². The molecule has 2 amide bonds. The summed E-state index contributed by atoms with van der Waals surface area (Å²) in [7, 11) is 0. The van der Waals surface area contributed by atoms with Crippen molar-refractivity contribution in [2.75, 3.05) is 18.5 Å². The highest BCUT2D eigenvalue weighted by Crippen LogP contribution is 2.15. The second-order valence-electron chi connectivity index (χ2n) is 6.32. The molecule has 2 aromatic carbocycles. The van der Waals surface area contributed by atoms with Crippen molar-refractivity contribution < 1.29 is 24.2 Å². The molecule has 0 aliphatic carbocycles. The molecule has 0 bridgehead atoms. The number of aromatic hydroxyl groups is 1. The van der Waals surface area contributed by atoms with Crippen LogP contribution in [-0.4, -0.2) is 36.0 Å². The molecule has 0 saturated heterocycles. The second kappa shape index (κ2) is 9.38. The van der Waals surface area contributed by atoms with Gasteiger partial charge in [-0.05, 0) is 42.3 Å². The number of benzene rings is 2. The van der Waals surface area contributed by atoms with Crippen LogP contribution in [0.5, 0.6) is 5.75 Å². The Labute approximate surface area is 157 Å². The van der Waals surface area contributed by atoms with Gasteiger partial charge in [-0.15, -0.1) is 0 Å². The Morgan fingerprint density at radius 1 is 1.04 bits per heavy atom. The number of hydrogen-bond acceptors (Lipinski definition) is 5. The van der Waals surface area contributed by atoms with E-state index in [1.807, 2.05) is 13.8 Å². The molecule has 0 unspecified atom stereocenters. The van der Waals surface area contributed by atoms with E-state index in [0.717, 1.165) is 0 Å². The highest BCUT2D eigenvalue weighted by atomic mass is 16.5. The number of phenolic OH excluding ortho intramolecular Hbond substituents is 1. The van der Waals surface area contributed by atoms with E-state index in [9.17, 15) is 19.5 Å². The standard InChI is InChI=1S/C20H22N2O5/c1-13(2)11-21-19(25)16-5-3-4-6-17(16)22-18(24)12-27-20(26)14-7-9-15(23)10-8-14/h3-10,13,23H,11-12H2,1-2H3,(H,21,25)(H,22,24). The number of carbonyl (C=O) groups is 3. The van der Waals surface area contributed by atoms with Crippen LogP contribution in [0.3, 0.4) is 0 Å². The Morgan fingerprint density at radius 2 is 1.70 bits per heavy atom. The first-order chi connectivity index (χ1) is 12.9. The molecule has 0 atom stereocenters. The van der Waals surface area contributed by atoms with E-state index in [4.69, 9.17) is 4.74 Å². The smallest absolute Gasteiger partial charge is 0.338 e. The number of rotatable bonds is 7. The molecule has 142 valence electrons. The maximum atomic E-state index is 12.3. The van der Waals surface area contributed by atoms with Crippen molar-refractivity contribution in [1.29, 1.82) is 0 Å². The lowest BCUT2D eigenvalue weighted by molar-refractivity contribution is -0.119. The molecule has 0 aliphatic heterocycles. The van der Waals surface area contributed by atoms with E-state index in [-0.39, 0.29) is 17.2 Å². The normalized spacial score (nSPS) is 10.3. The van der Waals surface area contributed by atoms with Gasteiger partial charge < -0.3 is 20.5 Å². The molecule has 27 heavy (non-hydrogen) atoms. The van der Waals surface area contributed by atoms with Crippen LogP contribution in [0.2, 0.25) is 0 Å². The van der Waals surface area contributed by atoms with Gasteiger partial charge >= 0.3 is 5.97 Å². The van der Waals surface area contributed by atoms with E-state index in [1.165, 1.54) is 24.3 Å². The summed E-state index contributed by atoms with van der Waals surface area (Å²) in [6.45, 7) is 3.99. The van der Waals surface area contributed by atoms with Crippen molar-refractivity contribution in [3.63, 3.8) is 0 Å². The van der Waals surface area contributed by atoms with Gasteiger partial charge in [-0.3, -0.25) is 9.59 Å². The third kappa shape index (κ3) is 6.14. The molecule has 7 heteroatoms. The third-order valence-corrected chi connectivity index (χ3v) is 3.55. The summed E-state index contributed by atoms with van der Waals surface area (Å²) in [4.78, 5) is 36.2. The maximum absolute atomic E-state index is 12.3. The molecule has 2 rings (SSSR count). The first-order valence-corrected chi connectivity index (χ1v) is 8.50. The zero-order valence-electron chi connectivity index (χ0n) is 15.2. The first kappa shape index (κ1) is 20.0. The summed E-state index contributed by atoms with van der Waals surface area (Å²) in [5, 5.41) is 14.6. The number of nitrogens with one attached hydrogen (secondary N) is 2. The van der Waals surface area contributed by atoms with Crippen LogP contribution >= 0.6 is 0 Å². The number of para-hydroxylation sites is 1. The molecule has 0 aromatic heterocycles. The lowest BCUT2D eigenvalue weighted by Crippen LogP contribution is -2.29. The fourth-order valence-electron chi connectivity index (χ4n) is 2.18. The summed E-state index contributed by atoms with van der Waals surface area (Å²) in [6, 6.07) is 12.1. The Hall–Kier alpha value is -3.35. The van der Waals surface area contributed by atoms with E-state index in [1.54, 1.807) is 24.3 Å². The van der Waals surface area contributed by atoms with E-state index in [2.05, 4.69) is 10.6 Å². The molecular weight excluding hydrogens is 348 g/mol. The van der Waals surface area contributed by atoms with Gasteiger partial charge in [0.2, 0.25) is 0 Å². The number of phenols is 1. The van der Waals surface area contributed by atoms with E-state index in [0.29, 0.717) is 23.7 Å². The van der Waals surface area contributed by atoms with Crippen LogP contribution in [-0.2, 0) is 9.53 Å². The molecule has 0 fully saturated rings. The maximum Gasteiger partial charge on any atom is 0.338 e. The second-order valence-corrected chi connectivity index (χ2v) is 6.32. The predicted molar refractivity (Wildman–Crippen MR) is 101 cm³/mol. The van der Waals surface area contributed by atoms with Gasteiger partial charge in [0.25, 0.3) is 11.8 Å². The summed E-state index contributed by atoms with van der Waals surface area (Å²) in [6.07, 6.45) is 0. The lowest BCUT2D eigenvalue weighted by atomic mass is 10.1. The van der Waals surface area contributed by atoms with Crippen molar-refractivity contribution in [3.8, 4) is 5.75 Å². The zero-order chi connectivity index (χ0) is 19.8. The topological polar surface area (TPSA) is 105 Å². The molecule has 7 nitrogen and oxygen atoms in total. The van der Waals surface area contributed by atoms with Crippen molar-refractivity contribution >= 4 is 23.5 Å². The predicted octanol–water partition coefficient (Wildman–Crippen LogP) is 2.57. The Bertz CT molecular complexity index is 815. The molecule has 0 spiro atoms. The van der Waals surface area contributed by atoms with E-state index < -0.39 is 18.5 Å². The highest BCUT2D eigenvalue weighted by Gasteiger charge is 2.15. The largest absolute Gasteiger partial charge is 0.508 e. The fourth-order valence-corrected chi connectivity index (χ4v) is 2.18. The van der Waals surface area contributed by atoms with Gasteiger partial charge in [0, 0.05) is 6.54 Å². The zero-order valence-corrected chi connectivity index (χ0v) is 15.2. The number of esters is 1. The summed E-state index contributed by atoms with van der Waals surface area (Å²) in [5.74, 6) is -1.22. The number of hydrogen-bond donors (Lipinski definition) is 3. The molecule has 3 N–H and O–H groups in total. The Balaban J connectivity index is 1.94. The third-order valence-electron chi connectivity index (χ3n) is 3.55. The lowest BCUT2D eigenvalue weighted by Gasteiger charge is -2.12. The van der Waals surface area contributed by atoms with Gasteiger partial charge in [-0.1, -0.05) is 26.0 Å². The van der Waals surface area contributed by atoms with Crippen molar-refractivity contribution in [1.82, 2.24) is 5.32 Å². The number of carbonyl (C=O) groups excluding carboxylic acids is 3. The van der Waals surface area contributed by atoms with Crippen LogP contribution in [0, 0.1) is 5.92 Å². The molecule has 0 saturated carbocycles. The van der Waals surface area contributed by atoms with Gasteiger partial charge in [-0.25, -0.2) is 4.79 Å². The molecule has 2 aromatic rings. The average molecular weight is 370 g/mol. The number of amides is 2. The number of anilines is 1. The molecular formula is C20H22N2O5. The number of ether oxygens (including phenoxy) is 1. The average Bonchev–Trinajstić information content (AvgIpc) is 2.65. The van der Waals surface area contributed by atoms with Crippen molar-refractivity contribution in [2.45, 2.75) is 13.8 Å². The fraction of sp³-hybridized carbons (Fsp3) is 0.250. The Kier molecular flexibility index (Phi) is 6.93. The summed E-state index contributed by atoms with van der Waals surface area (Å²) < 4.78 is 4.95. The van der Waals surface area contributed by atoms with Gasteiger partial charge in [-0.2, -0.15) is 0 Å². The van der Waals surface area contributed by atoms with Crippen molar-refractivity contribution in [3.05, 3.63) is 59.7 Å². The monoisotopic (exact) mass is 370 g/mol. The highest BCUT2D eigenvalue weighted by molar-refractivity contribution is 6.04. The molecule has 0 radical (unpaired) electrons. The van der Waals surface area contributed by atoms with Crippen LogP contribution in [0.4, 0.5) is 5.69 Å². The van der Waals surface area contributed by atoms with Crippen LogP contribution in [0.1, 0.15) is 34.6 Å². The van der Waals surface area contributed by atoms with Crippen molar-refractivity contribution in [2.24, 2.45) is 5.92 Å². The quantitative estimate of drug-likeness (QED) is 0.650. The molecule has 0 heterocycles. The van der Waals surface area contributed by atoms with Gasteiger partial charge in [0.15, 0.2) is 6.61 Å². The minimum absolute atomic E-state index is 0.0247.